The number of thiazole rings is 1. The van der Waals surface area contributed by atoms with Gasteiger partial charge in [-0.3, -0.25) is 9.31 Å². The van der Waals surface area contributed by atoms with Gasteiger partial charge in [0, 0.05) is 23.3 Å². The number of H-pyrrole nitrogens is 1. The molecule has 6 heteroatoms. The lowest BCUT2D eigenvalue weighted by Crippen LogP contribution is -1.93. The van der Waals surface area contributed by atoms with Crippen molar-refractivity contribution in [1.29, 1.82) is 0 Å². The highest BCUT2D eigenvalue weighted by Gasteiger charge is 2.07. The number of nitrogens with zero attached hydrogens (tertiary/aromatic N) is 2. The van der Waals surface area contributed by atoms with E-state index < -0.39 is 10.8 Å². The van der Waals surface area contributed by atoms with Gasteiger partial charge in [0.1, 0.15) is 0 Å². The van der Waals surface area contributed by atoms with E-state index in [1.807, 2.05) is 5.38 Å². The lowest BCUT2D eigenvalue weighted by Gasteiger charge is -1.93. The van der Waals surface area contributed by atoms with Crippen LogP contribution in [0.3, 0.4) is 0 Å². The Morgan fingerprint density at radius 3 is 3.15 bits per heavy atom. The van der Waals surface area contributed by atoms with Crippen LogP contribution >= 0.6 is 11.3 Å². The smallest absolute Gasteiger partial charge is 0.180 e. The minimum Gasteiger partial charge on any atom is -0.285 e. The van der Waals surface area contributed by atoms with Gasteiger partial charge in [-0.15, -0.1) is 11.3 Å². The molecule has 2 aromatic heterocycles. The molecule has 0 saturated heterocycles. The van der Waals surface area contributed by atoms with Crippen molar-refractivity contribution < 1.29 is 4.21 Å². The highest BCUT2D eigenvalue weighted by molar-refractivity contribution is 7.86. The summed E-state index contributed by atoms with van der Waals surface area (Å²) in [6.45, 7) is 0. The molecule has 0 aliphatic carbocycles. The molecule has 0 aliphatic heterocycles. The van der Waals surface area contributed by atoms with Crippen LogP contribution in [0, 0.1) is 0 Å². The van der Waals surface area contributed by atoms with E-state index in [-0.39, 0.29) is 0 Å². The van der Waals surface area contributed by atoms with Crippen LogP contribution in [0.4, 0.5) is 0 Å². The largest absolute Gasteiger partial charge is 0.285 e. The van der Waals surface area contributed by atoms with Crippen LogP contribution in [-0.2, 0) is 16.6 Å². The molecule has 0 bridgehead atoms. The minimum absolute atomic E-state index is 0.476. The summed E-state index contributed by atoms with van der Waals surface area (Å²) in [4.78, 5) is 3.98. The van der Waals surface area contributed by atoms with Crippen LogP contribution in [0.1, 0.15) is 5.56 Å². The molecule has 0 radical (unpaired) electrons. The van der Waals surface area contributed by atoms with E-state index in [0.29, 0.717) is 10.1 Å². The Bertz CT molecular complexity index is 382. The molecular formula is C7H7N3OS2. The molecule has 13 heavy (non-hydrogen) atoms. The van der Waals surface area contributed by atoms with Gasteiger partial charge in [0.2, 0.25) is 0 Å². The normalized spacial score (nSPS) is 12.9. The summed E-state index contributed by atoms with van der Waals surface area (Å²) in [6.07, 6.45) is 5.07. The van der Waals surface area contributed by atoms with Gasteiger partial charge in [0.15, 0.2) is 4.34 Å². The maximum atomic E-state index is 11.6. The van der Waals surface area contributed by atoms with Crippen molar-refractivity contribution in [3.05, 3.63) is 29.5 Å². The highest BCUT2D eigenvalue weighted by Crippen LogP contribution is 2.13. The Morgan fingerprint density at radius 1 is 1.62 bits per heavy atom. The summed E-state index contributed by atoms with van der Waals surface area (Å²) < 4.78 is 12.3. The molecule has 4 nitrogen and oxygen atoms in total. The van der Waals surface area contributed by atoms with Gasteiger partial charge < -0.3 is 0 Å². The Balaban J connectivity index is 2.08. The first-order valence-electron chi connectivity index (χ1n) is 3.62. The van der Waals surface area contributed by atoms with Crippen LogP contribution < -0.4 is 0 Å². The van der Waals surface area contributed by atoms with Gasteiger partial charge >= 0.3 is 0 Å². The number of aromatic nitrogens is 3. The Labute approximate surface area is 81.5 Å². The predicted molar refractivity (Wildman–Crippen MR) is 50.8 cm³/mol. The van der Waals surface area contributed by atoms with Crippen LogP contribution in [0.5, 0.6) is 0 Å². The van der Waals surface area contributed by atoms with Gasteiger partial charge in [-0.1, -0.05) is 0 Å². The third kappa shape index (κ3) is 2.02. The third-order valence-electron chi connectivity index (χ3n) is 1.46. The minimum atomic E-state index is -1.03. The van der Waals surface area contributed by atoms with E-state index in [0.717, 1.165) is 5.56 Å². The number of rotatable bonds is 3. The maximum Gasteiger partial charge on any atom is 0.180 e. The van der Waals surface area contributed by atoms with E-state index in [1.165, 1.54) is 11.3 Å². The summed E-state index contributed by atoms with van der Waals surface area (Å²) in [6, 6.07) is 0. The topological polar surface area (TPSA) is 58.6 Å². The zero-order chi connectivity index (χ0) is 9.10. The van der Waals surface area contributed by atoms with Crippen molar-refractivity contribution >= 4 is 22.1 Å². The van der Waals surface area contributed by atoms with E-state index in [9.17, 15) is 4.21 Å². The summed E-state index contributed by atoms with van der Waals surface area (Å²) >= 11 is 1.41. The van der Waals surface area contributed by atoms with Crippen LogP contribution in [-0.4, -0.2) is 19.4 Å². The Kier molecular flexibility index (Phi) is 2.51. The number of hydrogen-bond donors (Lipinski definition) is 1. The first kappa shape index (κ1) is 8.58. The van der Waals surface area contributed by atoms with Gasteiger partial charge in [-0.2, -0.15) is 5.10 Å². The van der Waals surface area contributed by atoms with Crippen molar-refractivity contribution in [1.82, 2.24) is 15.2 Å². The van der Waals surface area contributed by atoms with Crippen molar-refractivity contribution in [3.63, 3.8) is 0 Å². The second-order valence-electron chi connectivity index (χ2n) is 2.39. The zero-order valence-electron chi connectivity index (χ0n) is 6.64. The first-order valence-corrected chi connectivity index (χ1v) is 5.81. The second-order valence-corrected chi connectivity index (χ2v) is 4.91. The summed E-state index contributed by atoms with van der Waals surface area (Å²) in [5.74, 6) is 0.476. The molecule has 1 atom stereocenters. The van der Waals surface area contributed by atoms with Crippen LogP contribution in [0.25, 0.3) is 0 Å². The molecule has 0 amide bonds. The molecular weight excluding hydrogens is 206 g/mol. The lowest BCUT2D eigenvalue weighted by molar-refractivity contribution is 0.682. The predicted octanol–water partition coefficient (Wildman–Crippen LogP) is 1.17. The Hall–Kier alpha value is -1.01. The molecule has 0 aromatic carbocycles. The van der Waals surface area contributed by atoms with Crippen molar-refractivity contribution in [2.45, 2.75) is 10.1 Å². The average molecular weight is 213 g/mol. The quantitative estimate of drug-likeness (QED) is 0.832. The molecule has 2 heterocycles. The molecule has 0 saturated carbocycles. The van der Waals surface area contributed by atoms with Crippen molar-refractivity contribution in [3.8, 4) is 0 Å². The molecule has 0 spiro atoms. The molecule has 68 valence electrons. The van der Waals surface area contributed by atoms with E-state index in [1.54, 1.807) is 18.6 Å². The fourth-order valence-electron chi connectivity index (χ4n) is 0.892. The SMILES string of the molecule is O=S(Cc1cn[nH]c1)c1nccs1. The van der Waals surface area contributed by atoms with E-state index in [2.05, 4.69) is 15.2 Å². The van der Waals surface area contributed by atoms with E-state index >= 15 is 0 Å². The van der Waals surface area contributed by atoms with Gasteiger partial charge in [0.05, 0.1) is 22.7 Å². The summed E-state index contributed by atoms with van der Waals surface area (Å²) in [5.41, 5.74) is 0.938. The molecule has 0 fully saturated rings. The second kappa shape index (κ2) is 3.80. The van der Waals surface area contributed by atoms with Gasteiger partial charge in [0.25, 0.3) is 0 Å². The van der Waals surface area contributed by atoms with Gasteiger partial charge in [-0.25, -0.2) is 4.98 Å². The lowest BCUT2D eigenvalue weighted by atomic mass is 10.4. The average Bonchev–Trinajstić information content (AvgIpc) is 2.74. The fourth-order valence-corrected chi connectivity index (χ4v) is 2.79. The van der Waals surface area contributed by atoms with Crippen molar-refractivity contribution in [2.75, 3.05) is 0 Å². The third-order valence-corrected chi connectivity index (χ3v) is 3.96. The molecule has 2 aromatic rings. The Morgan fingerprint density at radius 2 is 2.54 bits per heavy atom. The summed E-state index contributed by atoms with van der Waals surface area (Å²) in [5, 5.41) is 8.28. The number of aromatic amines is 1. The fraction of sp³-hybridized carbons (Fsp3) is 0.143. The maximum absolute atomic E-state index is 11.6. The van der Waals surface area contributed by atoms with Gasteiger partial charge in [-0.05, 0) is 0 Å². The molecule has 0 aliphatic rings. The monoisotopic (exact) mass is 213 g/mol. The van der Waals surface area contributed by atoms with Crippen LogP contribution in [0.15, 0.2) is 28.3 Å². The van der Waals surface area contributed by atoms with Crippen LogP contribution in [0.2, 0.25) is 0 Å². The molecule has 1 unspecified atom stereocenters. The first-order chi connectivity index (χ1) is 6.36. The number of hydrogen-bond acceptors (Lipinski definition) is 4. The van der Waals surface area contributed by atoms with Crippen molar-refractivity contribution in [2.24, 2.45) is 0 Å². The zero-order valence-corrected chi connectivity index (χ0v) is 8.27. The highest BCUT2D eigenvalue weighted by atomic mass is 32.2. The molecule has 1 N–H and O–H groups in total. The standard InChI is InChI=1S/C7H7N3OS2/c11-13(7-8-1-2-12-7)5-6-3-9-10-4-6/h1-4H,5H2,(H,9,10). The number of nitrogens with one attached hydrogen (secondary N) is 1. The van der Waals surface area contributed by atoms with E-state index in [4.69, 9.17) is 0 Å². The summed E-state index contributed by atoms with van der Waals surface area (Å²) in [7, 11) is -1.03. The molecule has 2 rings (SSSR count).